The minimum atomic E-state index is -0.860. The van der Waals surface area contributed by atoms with Crippen LogP contribution in [0.1, 0.15) is 265 Å². The predicted molar refractivity (Wildman–Crippen MR) is 352 cm³/mol. The zero-order chi connectivity index (χ0) is 58.5. The molecule has 0 aliphatic rings. The molecule has 0 spiro atoms. The van der Waals surface area contributed by atoms with Gasteiger partial charge in [0, 0.05) is 19.3 Å². The van der Waals surface area contributed by atoms with E-state index >= 15 is 0 Å². The summed E-state index contributed by atoms with van der Waals surface area (Å²) >= 11 is 0. The van der Waals surface area contributed by atoms with Gasteiger partial charge in [0.25, 0.3) is 0 Å². The van der Waals surface area contributed by atoms with Crippen molar-refractivity contribution in [1.29, 1.82) is 0 Å². The second kappa shape index (κ2) is 67.3. The number of hydrogen-bond donors (Lipinski definition) is 0. The van der Waals surface area contributed by atoms with Crippen LogP contribution in [0.4, 0.5) is 0 Å². The Balaban J connectivity index is 4.56. The van der Waals surface area contributed by atoms with Crippen LogP contribution in [0.2, 0.25) is 0 Å². The molecule has 0 aromatic rings. The van der Waals surface area contributed by atoms with E-state index in [4.69, 9.17) is 14.2 Å². The second-order valence-electron chi connectivity index (χ2n) is 20.9. The average Bonchev–Trinajstić information content (AvgIpc) is 3.47. The van der Waals surface area contributed by atoms with Crippen LogP contribution >= 0.6 is 0 Å². The van der Waals surface area contributed by atoms with Crippen molar-refractivity contribution < 1.29 is 28.6 Å². The summed E-state index contributed by atoms with van der Waals surface area (Å²) in [7, 11) is 0. The van der Waals surface area contributed by atoms with Crippen LogP contribution in [-0.2, 0) is 28.6 Å². The van der Waals surface area contributed by atoms with Crippen molar-refractivity contribution in [3.63, 3.8) is 0 Å². The van der Waals surface area contributed by atoms with Gasteiger partial charge in [0.2, 0.25) is 0 Å². The van der Waals surface area contributed by atoms with E-state index < -0.39 is 12.1 Å². The molecule has 1 unspecified atom stereocenters. The molecule has 0 N–H and O–H groups in total. The number of rotatable bonds is 57. The first kappa shape index (κ1) is 75.8. The SMILES string of the molecule is CC/C=C\C/C=C\C/C=C\C/C=C\C/C=C\C/C=C\CCC(=O)OCC(COC(=O)CCCCCCCCCCCCCCC/C=C\C/C=C\CCCCCCC)OC(=O)CC/C=C\C/C=C\C/C=C\C/C=C\C/C=C\C/C=C\CC. The zero-order valence-corrected chi connectivity index (χ0v) is 52.0. The molecule has 81 heavy (non-hydrogen) atoms. The van der Waals surface area contributed by atoms with Crippen molar-refractivity contribution in [2.24, 2.45) is 0 Å². The van der Waals surface area contributed by atoms with Crippen molar-refractivity contribution in [1.82, 2.24) is 0 Å². The molecule has 0 aliphatic heterocycles. The molecular formula is C75H118O6. The van der Waals surface area contributed by atoms with E-state index in [0.717, 1.165) is 103 Å². The quantitative estimate of drug-likeness (QED) is 0.0261. The van der Waals surface area contributed by atoms with Gasteiger partial charge >= 0.3 is 17.9 Å². The molecule has 6 nitrogen and oxygen atoms in total. The van der Waals surface area contributed by atoms with Crippen LogP contribution in [0.15, 0.2) is 170 Å². The highest BCUT2D eigenvalue weighted by atomic mass is 16.6. The highest BCUT2D eigenvalue weighted by Crippen LogP contribution is 2.15. The normalized spacial score (nSPS) is 13.3. The van der Waals surface area contributed by atoms with Crippen LogP contribution in [-0.4, -0.2) is 37.2 Å². The summed E-state index contributed by atoms with van der Waals surface area (Å²) in [5.41, 5.74) is 0. The van der Waals surface area contributed by atoms with Gasteiger partial charge in [-0.2, -0.15) is 0 Å². The minimum Gasteiger partial charge on any atom is -0.462 e. The van der Waals surface area contributed by atoms with Crippen LogP contribution in [0, 0.1) is 0 Å². The third-order valence-corrected chi connectivity index (χ3v) is 13.2. The molecule has 0 rings (SSSR count). The summed E-state index contributed by atoms with van der Waals surface area (Å²) in [6, 6.07) is 0. The first-order valence-electron chi connectivity index (χ1n) is 32.6. The topological polar surface area (TPSA) is 78.9 Å². The predicted octanol–water partition coefficient (Wildman–Crippen LogP) is 22.7. The summed E-state index contributed by atoms with van der Waals surface area (Å²) in [4.78, 5) is 38.3. The molecule has 0 heterocycles. The Bertz CT molecular complexity index is 1860. The fraction of sp³-hybridized carbons (Fsp3) is 0.587. The standard InChI is InChI=1S/C75H118O6/c1-4-7-10-13-16-19-22-25-28-31-34-35-36-37-38-39-42-44-47-50-53-56-59-62-65-68-74(77)80-71-72(81-75(78)69-66-63-60-57-54-51-48-45-41-33-30-27-24-21-18-15-12-9-6-3)70-79-73(76)67-64-61-58-55-52-49-46-43-40-32-29-26-23-20-17-14-11-8-5-2/h8-9,11-12,17-18,20-22,25-27,29-31,34,40-41,43,45,49,51-52,54,58,60-61,63,72H,4-7,10,13-16,19,23-24,28,32-33,35-39,42,44,46-48,50,53,55-57,59,62,64-71H2,1-3H3/b11-8-,12-9-,20-17-,21-18-,25-22-,29-26-,30-27-,34-31-,43-40-,45-41-,52-49-,54-51-,61-58-,63-60-. The minimum absolute atomic E-state index is 0.139. The van der Waals surface area contributed by atoms with Gasteiger partial charge in [-0.15, -0.1) is 0 Å². The number of allylic oxidation sites excluding steroid dienone is 28. The molecule has 0 amide bonds. The third kappa shape index (κ3) is 65.5. The Morgan fingerprint density at radius 3 is 0.827 bits per heavy atom. The second-order valence-corrected chi connectivity index (χ2v) is 20.9. The number of unbranched alkanes of at least 4 members (excludes halogenated alkanes) is 18. The summed E-state index contributed by atoms with van der Waals surface area (Å²) in [5.74, 6) is -1.12. The highest BCUT2D eigenvalue weighted by molar-refractivity contribution is 5.71. The van der Waals surface area contributed by atoms with Crippen LogP contribution in [0.3, 0.4) is 0 Å². The number of carbonyl (C=O) groups excluding carboxylic acids is 3. The molecule has 0 aliphatic carbocycles. The molecule has 454 valence electrons. The van der Waals surface area contributed by atoms with Gasteiger partial charge < -0.3 is 14.2 Å². The molecular weight excluding hydrogens is 997 g/mol. The maximum absolute atomic E-state index is 12.9. The van der Waals surface area contributed by atoms with Crippen LogP contribution in [0.5, 0.6) is 0 Å². The first-order valence-corrected chi connectivity index (χ1v) is 32.6. The maximum atomic E-state index is 12.9. The molecule has 0 radical (unpaired) electrons. The molecule has 0 aromatic heterocycles. The molecule has 0 fully saturated rings. The molecule has 0 saturated heterocycles. The van der Waals surface area contributed by atoms with E-state index in [1.54, 1.807) is 0 Å². The molecule has 0 aromatic carbocycles. The van der Waals surface area contributed by atoms with E-state index in [-0.39, 0.29) is 38.0 Å². The Morgan fingerprint density at radius 2 is 0.506 bits per heavy atom. The number of hydrogen-bond acceptors (Lipinski definition) is 6. The fourth-order valence-electron chi connectivity index (χ4n) is 8.41. The van der Waals surface area contributed by atoms with Gasteiger partial charge in [-0.25, -0.2) is 0 Å². The number of esters is 3. The van der Waals surface area contributed by atoms with Crippen molar-refractivity contribution >= 4 is 17.9 Å². The summed E-state index contributed by atoms with van der Waals surface area (Å²) < 4.78 is 16.8. The van der Waals surface area contributed by atoms with Gasteiger partial charge in [0.15, 0.2) is 6.10 Å². The number of carbonyl (C=O) groups is 3. The van der Waals surface area contributed by atoms with Gasteiger partial charge in [-0.1, -0.05) is 287 Å². The zero-order valence-electron chi connectivity index (χ0n) is 52.0. The lowest BCUT2D eigenvalue weighted by molar-refractivity contribution is -0.166. The summed E-state index contributed by atoms with van der Waals surface area (Å²) in [5, 5.41) is 0. The Kier molecular flexibility index (Phi) is 62.9. The smallest absolute Gasteiger partial charge is 0.306 e. The van der Waals surface area contributed by atoms with E-state index in [1.807, 2.05) is 24.3 Å². The molecule has 6 heteroatoms. The van der Waals surface area contributed by atoms with Crippen molar-refractivity contribution in [3.05, 3.63) is 170 Å². The van der Waals surface area contributed by atoms with Crippen molar-refractivity contribution in [3.8, 4) is 0 Å². The summed E-state index contributed by atoms with van der Waals surface area (Å²) in [6.45, 7) is 6.28. The van der Waals surface area contributed by atoms with Crippen molar-refractivity contribution in [2.75, 3.05) is 13.2 Å². The monoisotopic (exact) mass is 1110 g/mol. The average molecular weight is 1120 g/mol. The molecule has 0 bridgehead atoms. The Labute approximate surface area is 498 Å². The Morgan fingerprint density at radius 1 is 0.259 bits per heavy atom. The van der Waals surface area contributed by atoms with Gasteiger partial charge in [-0.3, -0.25) is 14.4 Å². The highest BCUT2D eigenvalue weighted by Gasteiger charge is 2.19. The lowest BCUT2D eigenvalue weighted by atomic mass is 10.0. The van der Waals surface area contributed by atoms with E-state index in [2.05, 4.69) is 167 Å². The summed E-state index contributed by atoms with van der Waals surface area (Å²) in [6.07, 6.45) is 99.6. The molecule has 0 saturated carbocycles. The van der Waals surface area contributed by atoms with Crippen LogP contribution in [0.25, 0.3) is 0 Å². The van der Waals surface area contributed by atoms with Crippen LogP contribution < -0.4 is 0 Å². The largest absolute Gasteiger partial charge is 0.462 e. The van der Waals surface area contributed by atoms with Crippen molar-refractivity contribution in [2.45, 2.75) is 271 Å². The maximum Gasteiger partial charge on any atom is 0.306 e. The fourth-order valence-corrected chi connectivity index (χ4v) is 8.41. The molecule has 1 atom stereocenters. The third-order valence-electron chi connectivity index (χ3n) is 13.2. The number of ether oxygens (including phenoxy) is 3. The van der Waals surface area contributed by atoms with Gasteiger partial charge in [-0.05, 0) is 128 Å². The first-order chi connectivity index (χ1) is 40.0. The van der Waals surface area contributed by atoms with E-state index in [0.29, 0.717) is 19.3 Å². The van der Waals surface area contributed by atoms with Gasteiger partial charge in [0.1, 0.15) is 13.2 Å². The van der Waals surface area contributed by atoms with Gasteiger partial charge in [0.05, 0.1) is 0 Å². The lowest BCUT2D eigenvalue weighted by Crippen LogP contribution is -2.30. The lowest BCUT2D eigenvalue weighted by Gasteiger charge is -2.18. The van der Waals surface area contributed by atoms with E-state index in [9.17, 15) is 14.4 Å². The Hall–Kier alpha value is -5.23. The van der Waals surface area contributed by atoms with E-state index in [1.165, 1.54) is 109 Å².